The van der Waals surface area contributed by atoms with Gasteiger partial charge in [0, 0.05) is 18.3 Å². The molecule has 0 unspecified atom stereocenters. The van der Waals surface area contributed by atoms with Crippen LogP contribution in [0, 0.1) is 6.92 Å². The Kier molecular flexibility index (Phi) is 3.79. The Morgan fingerprint density at radius 1 is 1.44 bits per heavy atom. The predicted molar refractivity (Wildman–Crippen MR) is 71.3 cm³/mol. The summed E-state index contributed by atoms with van der Waals surface area (Å²) < 4.78 is 2.34. The van der Waals surface area contributed by atoms with Crippen molar-refractivity contribution in [3.63, 3.8) is 0 Å². The number of rotatable bonds is 3. The second-order valence-corrected chi connectivity index (χ2v) is 5.98. The molecule has 0 aromatic carbocycles. The standard InChI is InChI=1S/C12H21N3S/c1-9(2)13-12-14-10(3)8-15(12)11-4-6-16-7-5-11/h8-9,11H,4-7H2,1-3H3,(H,13,14). The van der Waals surface area contributed by atoms with Crippen molar-refractivity contribution in [1.29, 1.82) is 0 Å². The van der Waals surface area contributed by atoms with Crippen molar-refractivity contribution in [1.82, 2.24) is 9.55 Å². The fraction of sp³-hybridized carbons (Fsp3) is 0.750. The molecular formula is C12H21N3S. The second-order valence-electron chi connectivity index (χ2n) is 4.76. The van der Waals surface area contributed by atoms with Crippen molar-refractivity contribution in [3.05, 3.63) is 11.9 Å². The van der Waals surface area contributed by atoms with E-state index in [1.165, 1.54) is 24.3 Å². The van der Waals surface area contributed by atoms with Gasteiger partial charge >= 0.3 is 0 Å². The third-order valence-corrected chi connectivity index (χ3v) is 3.90. The summed E-state index contributed by atoms with van der Waals surface area (Å²) in [5.74, 6) is 3.61. The number of nitrogens with zero attached hydrogens (tertiary/aromatic N) is 2. The van der Waals surface area contributed by atoms with Crippen LogP contribution in [0.5, 0.6) is 0 Å². The molecule has 4 heteroatoms. The zero-order chi connectivity index (χ0) is 11.5. The maximum absolute atomic E-state index is 4.57. The first kappa shape index (κ1) is 11.8. The number of anilines is 1. The first-order valence-electron chi connectivity index (χ1n) is 6.06. The lowest BCUT2D eigenvalue weighted by molar-refractivity contribution is 0.472. The Morgan fingerprint density at radius 2 is 2.12 bits per heavy atom. The highest BCUT2D eigenvalue weighted by Crippen LogP contribution is 2.29. The molecule has 16 heavy (non-hydrogen) atoms. The van der Waals surface area contributed by atoms with Crippen molar-refractivity contribution in [3.8, 4) is 0 Å². The lowest BCUT2D eigenvalue weighted by Crippen LogP contribution is -2.20. The van der Waals surface area contributed by atoms with Crippen LogP contribution in [0.3, 0.4) is 0 Å². The van der Waals surface area contributed by atoms with Crippen molar-refractivity contribution in [2.24, 2.45) is 0 Å². The molecule has 0 spiro atoms. The van der Waals surface area contributed by atoms with Gasteiger partial charge in [0.25, 0.3) is 0 Å². The monoisotopic (exact) mass is 239 g/mol. The largest absolute Gasteiger partial charge is 0.353 e. The van der Waals surface area contributed by atoms with E-state index in [1.54, 1.807) is 0 Å². The van der Waals surface area contributed by atoms with Crippen LogP contribution in [0.2, 0.25) is 0 Å². The maximum atomic E-state index is 4.57. The molecular weight excluding hydrogens is 218 g/mol. The summed E-state index contributed by atoms with van der Waals surface area (Å²) in [5.41, 5.74) is 1.11. The number of hydrogen-bond acceptors (Lipinski definition) is 3. The van der Waals surface area contributed by atoms with Gasteiger partial charge in [-0.1, -0.05) is 0 Å². The van der Waals surface area contributed by atoms with Gasteiger partial charge in [-0.2, -0.15) is 11.8 Å². The Hall–Kier alpha value is -0.640. The van der Waals surface area contributed by atoms with E-state index in [4.69, 9.17) is 0 Å². The van der Waals surface area contributed by atoms with Gasteiger partial charge in [-0.3, -0.25) is 0 Å². The minimum absolute atomic E-state index is 0.443. The van der Waals surface area contributed by atoms with E-state index in [0.29, 0.717) is 12.1 Å². The number of aryl methyl sites for hydroxylation is 1. The van der Waals surface area contributed by atoms with Gasteiger partial charge < -0.3 is 9.88 Å². The Balaban J connectivity index is 2.17. The molecule has 1 saturated heterocycles. The number of imidazole rings is 1. The molecule has 2 rings (SSSR count). The first-order valence-corrected chi connectivity index (χ1v) is 7.22. The van der Waals surface area contributed by atoms with Gasteiger partial charge in [-0.05, 0) is 45.1 Å². The molecule has 0 bridgehead atoms. The zero-order valence-corrected chi connectivity index (χ0v) is 11.2. The molecule has 2 heterocycles. The molecule has 0 radical (unpaired) electrons. The van der Waals surface area contributed by atoms with Crippen LogP contribution >= 0.6 is 11.8 Å². The highest BCUT2D eigenvalue weighted by atomic mass is 32.2. The van der Waals surface area contributed by atoms with Crippen LogP contribution in [0.4, 0.5) is 5.95 Å². The van der Waals surface area contributed by atoms with Crippen LogP contribution < -0.4 is 5.32 Å². The van der Waals surface area contributed by atoms with E-state index in [2.05, 4.69) is 53.6 Å². The highest BCUT2D eigenvalue weighted by Gasteiger charge is 2.19. The van der Waals surface area contributed by atoms with Crippen LogP contribution in [0.1, 0.15) is 38.4 Å². The Bertz CT molecular complexity index is 340. The van der Waals surface area contributed by atoms with Crippen molar-refractivity contribution in [2.45, 2.75) is 45.7 Å². The van der Waals surface area contributed by atoms with Crippen LogP contribution in [-0.4, -0.2) is 27.1 Å². The van der Waals surface area contributed by atoms with Crippen LogP contribution in [0.25, 0.3) is 0 Å². The van der Waals surface area contributed by atoms with Gasteiger partial charge in [0.15, 0.2) is 0 Å². The van der Waals surface area contributed by atoms with Crippen molar-refractivity contribution >= 4 is 17.7 Å². The lowest BCUT2D eigenvalue weighted by atomic mass is 10.1. The SMILES string of the molecule is Cc1cn(C2CCSCC2)c(NC(C)C)n1. The topological polar surface area (TPSA) is 29.9 Å². The lowest BCUT2D eigenvalue weighted by Gasteiger charge is -2.25. The summed E-state index contributed by atoms with van der Waals surface area (Å²) in [6.07, 6.45) is 4.73. The van der Waals surface area contributed by atoms with E-state index >= 15 is 0 Å². The molecule has 1 aromatic rings. The molecule has 0 atom stereocenters. The van der Waals surface area contributed by atoms with Gasteiger partial charge in [0.05, 0.1) is 5.69 Å². The van der Waals surface area contributed by atoms with E-state index in [0.717, 1.165) is 11.6 Å². The van der Waals surface area contributed by atoms with E-state index < -0.39 is 0 Å². The smallest absolute Gasteiger partial charge is 0.203 e. The average molecular weight is 239 g/mol. The first-order chi connectivity index (χ1) is 7.66. The summed E-state index contributed by atoms with van der Waals surface area (Å²) in [4.78, 5) is 4.57. The molecule has 1 aliphatic rings. The van der Waals surface area contributed by atoms with E-state index in [9.17, 15) is 0 Å². The number of nitrogens with one attached hydrogen (secondary N) is 1. The minimum atomic E-state index is 0.443. The maximum Gasteiger partial charge on any atom is 0.203 e. The summed E-state index contributed by atoms with van der Waals surface area (Å²) in [5, 5.41) is 3.44. The fourth-order valence-electron chi connectivity index (χ4n) is 2.12. The van der Waals surface area contributed by atoms with E-state index in [-0.39, 0.29) is 0 Å². The van der Waals surface area contributed by atoms with Gasteiger partial charge in [0.2, 0.25) is 5.95 Å². The van der Waals surface area contributed by atoms with Crippen LogP contribution in [-0.2, 0) is 0 Å². The summed E-state index contributed by atoms with van der Waals surface area (Å²) in [7, 11) is 0. The highest BCUT2D eigenvalue weighted by molar-refractivity contribution is 7.99. The quantitative estimate of drug-likeness (QED) is 0.879. The summed E-state index contributed by atoms with van der Waals surface area (Å²) in [6, 6.07) is 1.09. The van der Waals surface area contributed by atoms with E-state index in [1.807, 2.05) is 0 Å². The van der Waals surface area contributed by atoms with Gasteiger partial charge in [-0.15, -0.1) is 0 Å². The molecule has 3 nitrogen and oxygen atoms in total. The molecule has 0 aliphatic carbocycles. The zero-order valence-electron chi connectivity index (χ0n) is 10.4. The predicted octanol–water partition coefficient (Wildman–Crippen LogP) is 3.08. The third-order valence-electron chi connectivity index (χ3n) is 2.85. The second kappa shape index (κ2) is 5.13. The molecule has 1 fully saturated rings. The summed E-state index contributed by atoms with van der Waals surface area (Å²) >= 11 is 2.07. The third kappa shape index (κ3) is 2.73. The molecule has 1 N–H and O–H groups in total. The number of aromatic nitrogens is 2. The fourth-order valence-corrected chi connectivity index (χ4v) is 3.20. The Labute approximate surface area is 102 Å². The molecule has 0 saturated carbocycles. The molecule has 1 aliphatic heterocycles. The molecule has 1 aromatic heterocycles. The minimum Gasteiger partial charge on any atom is -0.353 e. The van der Waals surface area contributed by atoms with Gasteiger partial charge in [-0.25, -0.2) is 4.98 Å². The average Bonchev–Trinajstić information content (AvgIpc) is 2.60. The van der Waals surface area contributed by atoms with Crippen molar-refractivity contribution in [2.75, 3.05) is 16.8 Å². The number of thioether (sulfide) groups is 1. The molecule has 0 amide bonds. The number of hydrogen-bond donors (Lipinski definition) is 1. The summed E-state index contributed by atoms with van der Waals surface area (Å²) in [6.45, 7) is 6.38. The Morgan fingerprint density at radius 3 is 2.75 bits per heavy atom. The normalized spacial score (nSPS) is 18.0. The molecule has 90 valence electrons. The van der Waals surface area contributed by atoms with Crippen LogP contribution in [0.15, 0.2) is 6.20 Å². The van der Waals surface area contributed by atoms with Gasteiger partial charge in [0.1, 0.15) is 0 Å². The van der Waals surface area contributed by atoms with Crippen molar-refractivity contribution < 1.29 is 0 Å².